The van der Waals surface area contributed by atoms with Crippen LogP contribution < -0.4 is 17.2 Å². The number of ether oxygens (including phenoxy) is 3. The number of nitrogen functional groups attached to an aromatic ring is 1. The molecule has 0 amide bonds. The van der Waals surface area contributed by atoms with Crippen molar-refractivity contribution < 1.29 is 81.3 Å². The van der Waals surface area contributed by atoms with Gasteiger partial charge in [0.1, 0.15) is 36.8 Å². The van der Waals surface area contributed by atoms with E-state index in [-0.39, 0.29) is 37.3 Å². The Morgan fingerprint density at radius 3 is 1.99 bits per heavy atom. The van der Waals surface area contributed by atoms with Crippen LogP contribution in [0.3, 0.4) is 0 Å². The molecule has 0 spiro atoms. The molecule has 0 radical (unpaired) electrons. The minimum Gasteiger partial charge on any atom is -0.481 e. The number of esters is 2. The summed E-state index contributed by atoms with van der Waals surface area (Å²) in [4.78, 5) is 74.1. The van der Waals surface area contributed by atoms with E-state index in [4.69, 9.17) is 39.8 Å². The third-order valence-electron chi connectivity index (χ3n) is 12.0. The molecular weight excluding hydrogens is 1100 g/mol. The normalized spacial score (nSPS) is 20.1. The number of phosphoric acid groups is 2. The number of unbranched alkanes of at least 4 members (excludes halogenated alkanes) is 10. The number of aliphatic hydroxyl groups excluding tert-OH is 3. The molecule has 0 aliphatic carbocycles. The van der Waals surface area contributed by atoms with E-state index in [0.717, 1.165) is 93.2 Å². The highest BCUT2D eigenvalue weighted by atomic mass is 32.2. The second kappa shape index (κ2) is 42.5. The van der Waals surface area contributed by atoms with Gasteiger partial charge in [-0.1, -0.05) is 137 Å². The fraction of sp³-hybridized carbons (Fsp3) is 0.618. The summed E-state index contributed by atoms with van der Waals surface area (Å²) >= 11 is 1.08. The molecule has 0 bridgehead atoms. The van der Waals surface area contributed by atoms with Crippen molar-refractivity contribution in [2.45, 2.75) is 190 Å². The lowest BCUT2D eigenvalue weighted by Crippen LogP contribution is -2.40. The number of anilines is 1. The predicted octanol–water partition coefficient (Wildman–Crippen LogP) is 8.76. The number of carbonyl (C=O) groups excluding carboxylic acids is 2. The number of thioether (sulfide) groups is 1. The number of hydrogen-bond donors (Lipinski definition) is 8. The first-order valence-electron chi connectivity index (χ1n) is 27.5. The minimum absolute atomic E-state index is 0.00546. The summed E-state index contributed by atoms with van der Waals surface area (Å²) in [7, 11) is -11.1. The number of aliphatic hydroxyl groups is 3. The number of carbonyl (C=O) groups is 3. The molecule has 0 aromatic carbocycles. The van der Waals surface area contributed by atoms with E-state index in [1.54, 1.807) is 18.2 Å². The van der Waals surface area contributed by atoms with Crippen molar-refractivity contribution in [2.24, 2.45) is 5.73 Å². The van der Waals surface area contributed by atoms with Gasteiger partial charge in [0.25, 0.3) is 0 Å². The number of allylic oxidation sites excluding steroid dienone is 13. The van der Waals surface area contributed by atoms with Crippen LogP contribution in [-0.2, 0) is 51.1 Å². The molecule has 1 fully saturated rings. The zero-order chi connectivity index (χ0) is 59.0. The predicted molar refractivity (Wildman–Crippen MR) is 308 cm³/mol. The van der Waals surface area contributed by atoms with Crippen LogP contribution in [0.4, 0.5) is 5.82 Å². The lowest BCUT2D eigenvalue weighted by molar-refractivity contribution is -0.161. The van der Waals surface area contributed by atoms with Gasteiger partial charge in [0.15, 0.2) is 12.3 Å². The topological polar surface area (TPSA) is 349 Å². The summed E-state index contributed by atoms with van der Waals surface area (Å²) in [6.07, 6.45) is 35.7. The maximum atomic E-state index is 13.4. The largest absolute Gasteiger partial charge is 0.481 e. The summed E-state index contributed by atoms with van der Waals surface area (Å²) in [5.74, 6) is -3.07. The van der Waals surface area contributed by atoms with Crippen LogP contribution in [0.25, 0.3) is 0 Å². The second-order valence-corrected chi connectivity index (χ2v) is 23.2. The Morgan fingerprint density at radius 2 is 1.36 bits per heavy atom. The Bertz CT molecular complexity index is 2310. The molecule has 2 unspecified atom stereocenters. The van der Waals surface area contributed by atoms with Crippen LogP contribution in [-0.4, -0.2) is 125 Å². The smallest absolute Gasteiger partial charge is 0.481 e. The molecule has 2 heterocycles. The van der Waals surface area contributed by atoms with Crippen molar-refractivity contribution in [3.63, 3.8) is 0 Å². The molecular formula is C55H88N4O18P2S. The highest BCUT2D eigenvalue weighted by molar-refractivity contribution is 8.00. The highest BCUT2D eigenvalue weighted by Gasteiger charge is 2.46. The summed E-state index contributed by atoms with van der Waals surface area (Å²) in [5.41, 5.74) is 10.8. The van der Waals surface area contributed by atoms with Gasteiger partial charge in [0.05, 0.1) is 19.3 Å². The Hall–Kier alpha value is -4.32. The number of phosphoric ester groups is 2. The summed E-state index contributed by atoms with van der Waals surface area (Å²) in [6, 6.07) is -0.173. The van der Waals surface area contributed by atoms with Crippen LogP contribution in [0, 0.1) is 0 Å². The highest BCUT2D eigenvalue weighted by Crippen LogP contribution is 2.60. The van der Waals surface area contributed by atoms with Crippen molar-refractivity contribution in [1.29, 1.82) is 0 Å². The van der Waals surface area contributed by atoms with Gasteiger partial charge in [-0.3, -0.25) is 28.0 Å². The van der Waals surface area contributed by atoms with Gasteiger partial charge in [0.2, 0.25) is 0 Å². The average molecular weight is 1190 g/mol. The van der Waals surface area contributed by atoms with Crippen molar-refractivity contribution in [2.75, 3.05) is 31.3 Å². The lowest BCUT2D eigenvalue weighted by Gasteiger charge is -2.23. The fourth-order valence-electron chi connectivity index (χ4n) is 7.51. The van der Waals surface area contributed by atoms with E-state index in [1.807, 2.05) is 18.2 Å². The summed E-state index contributed by atoms with van der Waals surface area (Å²) < 4.78 is 57.1. The second-order valence-electron chi connectivity index (χ2n) is 18.9. The standard InChI is InChI=1S/C55H88N4O18P2S/c1-3-5-7-9-11-13-15-17-18-19-20-21-23-25-27-29-31-36-50(63)72-39-43(40-73-78(68,69)77-79(70,71)74-41-46-51(64)52(65)53(76-46)59-38-37-48(57)58-55(59)67)75-54(66)44(56)42-80-47(45(60)33-32-35-49(61)62)34-30-28-26-24-22-16-14-12-10-8-6-4-2/h11-14,17-18,20-22,24,26,28,30,34,37-38,43-47,51-53,60,64-65H,3-10,15-16,19,23,25,27,29,31-33,35-36,39-42,56H2,1-2H3,(H,61,62)(H,68,69)(H,70,71)(H2,57,58,67)/b13-11-,14-12-,18-17-,21-20-,24-22-,28-26+,34-30+/t43-,44+,45+,46-,47-,51-,52-,53-/m1/s1. The quantitative estimate of drug-likeness (QED) is 0.00994. The molecule has 1 aliphatic heterocycles. The number of carboxylic acids is 1. The fourth-order valence-corrected chi connectivity index (χ4v) is 10.7. The van der Waals surface area contributed by atoms with Gasteiger partial charge in [-0.05, 0) is 83.1 Å². The monoisotopic (exact) mass is 1190 g/mol. The van der Waals surface area contributed by atoms with Gasteiger partial charge >= 0.3 is 39.2 Å². The maximum Gasteiger partial charge on any atom is 0.481 e. The first kappa shape index (κ1) is 71.8. The van der Waals surface area contributed by atoms with Crippen LogP contribution in [0.15, 0.2) is 102 Å². The van der Waals surface area contributed by atoms with Crippen molar-refractivity contribution in [3.8, 4) is 0 Å². The minimum atomic E-state index is -5.59. The van der Waals surface area contributed by atoms with Crippen LogP contribution in [0.5, 0.6) is 0 Å². The number of aliphatic carboxylic acids is 1. The third kappa shape index (κ3) is 33.6. The van der Waals surface area contributed by atoms with Gasteiger partial charge in [-0.2, -0.15) is 9.29 Å². The number of hydrogen-bond acceptors (Lipinski definition) is 19. The third-order valence-corrected chi connectivity index (χ3v) is 16.0. The Morgan fingerprint density at radius 1 is 0.775 bits per heavy atom. The number of carboxylic acid groups (broad SMARTS) is 1. The molecule has 0 saturated carbocycles. The molecule has 1 aromatic rings. The molecule has 2 rings (SSSR count). The molecule has 1 aromatic heterocycles. The maximum absolute atomic E-state index is 13.4. The first-order chi connectivity index (χ1) is 38.3. The van der Waals surface area contributed by atoms with Crippen LogP contribution >= 0.6 is 27.4 Å². The van der Waals surface area contributed by atoms with E-state index < -0.39 is 107 Å². The zero-order valence-electron chi connectivity index (χ0n) is 46.3. The first-order valence-corrected chi connectivity index (χ1v) is 31.6. The number of nitrogens with two attached hydrogens (primary N) is 2. The van der Waals surface area contributed by atoms with E-state index in [1.165, 1.54) is 31.7 Å². The molecule has 80 heavy (non-hydrogen) atoms. The molecule has 1 aliphatic rings. The van der Waals surface area contributed by atoms with E-state index >= 15 is 0 Å². The van der Waals surface area contributed by atoms with Crippen LogP contribution in [0.2, 0.25) is 0 Å². The van der Waals surface area contributed by atoms with E-state index in [0.29, 0.717) is 6.42 Å². The van der Waals surface area contributed by atoms with Gasteiger partial charge < -0.3 is 55.9 Å². The number of aromatic nitrogens is 2. The van der Waals surface area contributed by atoms with Crippen molar-refractivity contribution in [1.82, 2.24) is 9.55 Å². The van der Waals surface area contributed by atoms with E-state index in [9.17, 15) is 53.4 Å². The molecule has 452 valence electrons. The Kier molecular flexibility index (Phi) is 38.1. The zero-order valence-corrected chi connectivity index (χ0v) is 48.9. The summed E-state index contributed by atoms with van der Waals surface area (Å²) in [6.45, 7) is 1.58. The number of rotatable bonds is 45. The van der Waals surface area contributed by atoms with Crippen molar-refractivity contribution in [3.05, 3.63) is 108 Å². The summed E-state index contributed by atoms with van der Waals surface area (Å²) in [5, 5.41) is 40.5. The number of nitrogens with zero attached hydrogens (tertiary/aromatic N) is 2. The average Bonchev–Trinajstić information content (AvgIpc) is 3.81. The van der Waals surface area contributed by atoms with E-state index in [2.05, 4.69) is 71.8 Å². The SMILES string of the molecule is CCCCC/C=C\C\C=C/C=C/C=C/[C@@H](SC[C@H](N)C(=O)O[C@H](COC(=O)CCCCCC/C=C\C/C=C\C/C=C\CCCCC)COP(=O)(O)OP(=O)(O)OC[C@H]1O[C@@H](n2ccc(N)nc2=O)[C@H](O)[C@@H]1O)[C@@H](O)CCCC(=O)O. The lowest BCUT2D eigenvalue weighted by atomic mass is 10.1. The molecule has 25 heteroatoms. The molecule has 22 nitrogen and oxygen atoms in total. The van der Waals surface area contributed by atoms with Crippen LogP contribution in [0.1, 0.15) is 148 Å². The van der Waals surface area contributed by atoms with Gasteiger partial charge in [-0.25, -0.2) is 13.9 Å². The molecule has 10 atom stereocenters. The van der Waals surface area contributed by atoms with Gasteiger partial charge in [0, 0.05) is 30.0 Å². The Labute approximate surface area is 475 Å². The van der Waals surface area contributed by atoms with Crippen molar-refractivity contribution >= 4 is 51.1 Å². The Balaban J connectivity index is 2.06. The molecule has 1 saturated heterocycles. The van der Waals surface area contributed by atoms with Gasteiger partial charge in [-0.15, -0.1) is 11.8 Å². The molecule has 10 N–H and O–H groups in total.